The highest BCUT2D eigenvalue weighted by Crippen LogP contribution is 2.26. The fourth-order valence-electron chi connectivity index (χ4n) is 4.59. The van der Waals surface area contributed by atoms with Crippen molar-refractivity contribution in [3.8, 4) is 0 Å². The predicted molar refractivity (Wildman–Crippen MR) is 152 cm³/mol. The van der Waals surface area contributed by atoms with Gasteiger partial charge in [-0.15, -0.1) is 0 Å². The molecule has 2 aromatic heterocycles. The normalized spacial score (nSPS) is 13.8. The molecule has 1 aliphatic rings. The summed E-state index contributed by atoms with van der Waals surface area (Å²) >= 11 is 6.44. The highest BCUT2D eigenvalue weighted by molar-refractivity contribution is 6.31. The van der Waals surface area contributed by atoms with Gasteiger partial charge in [0.1, 0.15) is 5.82 Å². The van der Waals surface area contributed by atoms with E-state index in [1.165, 1.54) is 12.1 Å². The molecule has 4 aromatic rings. The molecule has 39 heavy (non-hydrogen) atoms. The molecule has 1 N–H and O–H groups in total. The van der Waals surface area contributed by atoms with Gasteiger partial charge >= 0.3 is 0 Å². The first-order valence-corrected chi connectivity index (χ1v) is 13.4. The van der Waals surface area contributed by atoms with Gasteiger partial charge in [0.05, 0.1) is 12.9 Å². The first-order valence-electron chi connectivity index (χ1n) is 13.0. The maximum atomic E-state index is 13.4. The van der Waals surface area contributed by atoms with Gasteiger partial charge in [-0.25, -0.2) is 9.37 Å². The van der Waals surface area contributed by atoms with E-state index in [2.05, 4.69) is 15.2 Å². The largest absolute Gasteiger partial charge is 0.364 e. The van der Waals surface area contributed by atoms with Crippen LogP contribution in [0.15, 0.2) is 66.5 Å². The predicted octanol–water partition coefficient (Wildman–Crippen LogP) is 5.28. The molecule has 0 unspecified atom stereocenters. The first-order chi connectivity index (χ1) is 18.9. The summed E-state index contributed by atoms with van der Waals surface area (Å²) in [5, 5.41) is 4.06. The lowest BCUT2D eigenvalue weighted by molar-refractivity contribution is -0.125. The minimum absolute atomic E-state index is 0.0349. The molecule has 2 aromatic carbocycles. The number of allylic oxidation sites excluding steroid dienone is 1. The zero-order valence-corrected chi connectivity index (χ0v) is 22.8. The Labute approximate surface area is 232 Å². The molecule has 0 radical (unpaired) electrons. The van der Waals surface area contributed by atoms with E-state index >= 15 is 0 Å². The van der Waals surface area contributed by atoms with Crippen molar-refractivity contribution >= 4 is 40.4 Å². The number of hydrogen-bond donors (Lipinski definition) is 1. The fraction of sp³-hybridized carbons (Fsp3) is 0.310. The molecule has 0 spiro atoms. The number of nitrogens with zero attached hydrogens (tertiary/aromatic N) is 6. The quantitative estimate of drug-likeness (QED) is 0.317. The number of halogens is 2. The summed E-state index contributed by atoms with van der Waals surface area (Å²) in [5.74, 6) is 0.926. The summed E-state index contributed by atoms with van der Waals surface area (Å²) in [6.45, 7) is 7.42. The Morgan fingerprint density at radius 1 is 1.05 bits per heavy atom. The van der Waals surface area contributed by atoms with Gasteiger partial charge in [0.2, 0.25) is 11.9 Å². The van der Waals surface area contributed by atoms with Crippen LogP contribution in [0.1, 0.15) is 31.4 Å². The summed E-state index contributed by atoms with van der Waals surface area (Å²) < 4.78 is 15.4. The smallest absolute Gasteiger partial charge is 0.246 e. The van der Waals surface area contributed by atoms with Crippen molar-refractivity contribution in [2.75, 3.05) is 36.4 Å². The molecule has 0 bridgehead atoms. The number of anilines is 2. The molecule has 202 valence electrons. The summed E-state index contributed by atoms with van der Waals surface area (Å²) in [4.78, 5) is 31.1. The zero-order valence-electron chi connectivity index (χ0n) is 22.1. The lowest BCUT2D eigenvalue weighted by Gasteiger charge is -2.22. The lowest BCUT2D eigenvalue weighted by Crippen LogP contribution is -2.34. The summed E-state index contributed by atoms with van der Waals surface area (Å²) in [7, 11) is 0. The second kappa shape index (κ2) is 11.8. The second-order valence-corrected chi connectivity index (χ2v) is 10.3. The zero-order chi connectivity index (χ0) is 27.4. The Morgan fingerprint density at radius 2 is 1.85 bits per heavy atom. The van der Waals surface area contributed by atoms with Crippen LogP contribution in [0.4, 0.5) is 16.2 Å². The number of rotatable bonds is 7. The SMILES string of the molecule is CC(C)=CC(=O)N1CCCN(c2nc(NCc3ccc(F)cc3)c3ncn(Cc4ccccc4Cl)c3n2)CC1. The van der Waals surface area contributed by atoms with Crippen LogP contribution in [0.3, 0.4) is 0 Å². The van der Waals surface area contributed by atoms with E-state index in [0.29, 0.717) is 60.7 Å². The van der Waals surface area contributed by atoms with Gasteiger partial charge in [-0.05, 0) is 49.6 Å². The van der Waals surface area contributed by atoms with Gasteiger partial charge < -0.3 is 19.7 Å². The van der Waals surface area contributed by atoms with Crippen molar-refractivity contribution in [3.63, 3.8) is 0 Å². The summed E-state index contributed by atoms with van der Waals surface area (Å²) in [6, 6.07) is 14.1. The molecular weight excluding hydrogens is 517 g/mol. The van der Waals surface area contributed by atoms with Crippen molar-refractivity contribution in [2.45, 2.75) is 33.4 Å². The second-order valence-electron chi connectivity index (χ2n) is 9.88. The number of benzene rings is 2. The van der Waals surface area contributed by atoms with E-state index < -0.39 is 0 Å². The number of nitrogens with one attached hydrogen (secondary N) is 1. The number of carbonyl (C=O) groups excluding carboxylic acids is 1. The molecule has 0 aliphatic carbocycles. The molecule has 5 rings (SSSR count). The summed E-state index contributed by atoms with van der Waals surface area (Å²) in [5.41, 5.74) is 4.19. The Balaban J connectivity index is 1.46. The van der Waals surface area contributed by atoms with E-state index in [4.69, 9.17) is 21.6 Å². The molecule has 3 heterocycles. The highest BCUT2D eigenvalue weighted by Gasteiger charge is 2.22. The van der Waals surface area contributed by atoms with Gasteiger partial charge in [-0.1, -0.05) is 47.5 Å². The van der Waals surface area contributed by atoms with E-state index in [1.807, 2.05) is 47.6 Å². The monoisotopic (exact) mass is 547 g/mol. The van der Waals surface area contributed by atoms with Gasteiger partial charge in [-0.2, -0.15) is 9.97 Å². The minimum atomic E-state index is -0.276. The van der Waals surface area contributed by atoms with Crippen molar-refractivity contribution in [2.24, 2.45) is 0 Å². The van der Waals surface area contributed by atoms with E-state index in [-0.39, 0.29) is 11.7 Å². The number of carbonyl (C=O) groups is 1. The van der Waals surface area contributed by atoms with Crippen LogP contribution in [-0.4, -0.2) is 56.5 Å². The Kier molecular flexibility index (Phi) is 8.07. The minimum Gasteiger partial charge on any atom is -0.364 e. The third-order valence-electron chi connectivity index (χ3n) is 6.63. The van der Waals surface area contributed by atoms with Crippen LogP contribution in [0, 0.1) is 5.82 Å². The molecule has 1 fully saturated rings. The average Bonchev–Trinajstić information content (AvgIpc) is 3.15. The summed E-state index contributed by atoms with van der Waals surface area (Å²) in [6.07, 6.45) is 4.24. The van der Waals surface area contributed by atoms with Crippen molar-refractivity contribution < 1.29 is 9.18 Å². The standard InChI is InChI=1S/C29H31ClFN7O/c1-20(2)16-25(39)36-12-5-13-37(15-14-36)29-34-27(32-17-21-8-10-23(31)11-9-21)26-28(35-29)38(19-33-26)18-22-6-3-4-7-24(22)30/h3-4,6-11,16,19H,5,12-15,17-18H2,1-2H3,(H,32,34,35). The van der Waals surface area contributed by atoms with Gasteiger partial charge in [-0.3, -0.25) is 4.79 Å². The third-order valence-corrected chi connectivity index (χ3v) is 7.00. The lowest BCUT2D eigenvalue weighted by atomic mass is 10.2. The van der Waals surface area contributed by atoms with Gasteiger partial charge in [0.15, 0.2) is 17.0 Å². The molecule has 10 heteroatoms. The molecular formula is C29H31ClFN7O. The van der Waals surface area contributed by atoms with Crippen molar-refractivity contribution in [1.29, 1.82) is 0 Å². The van der Waals surface area contributed by atoms with E-state index in [0.717, 1.165) is 29.7 Å². The third kappa shape index (κ3) is 6.37. The first kappa shape index (κ1) is 26.6. The van der Waals surface area contributed by atoms with Crippen LogP contribution in [0.5, 0.6) is 0 Å². The number of amides is 1. The van der Waals surface area contributed by atoms with Crippen LogP contribution < -0.4 is 10.2 Å². The Hall–Kier alpha value is -3.98. The molecule has 0 atom stereocenters. The van der Waals surface area contributed by atoms with Gasteiger partial charge in [0.25, 0.3) is 0 Å². The number of hydrogen-bond acceptors (Lipinski definition) is 6. The topological polar surface area (TPSA) is 79.2 Å². The van der Waals surface area contributed by atoms with E-state index in [9.17, 15) is 9.18 Å². The number of aromatic nitrogens is 4. The number of fused-ring (bicyclic) bond motifs is 1. The van der Waals surface area contributed by atoms with Crippen LogP contribution in [0.2, 0.25) is 5.02 Å². The fourth-order valence-corrected chi connectivity index (χ4v) is 4.78. The van der Waals surface area contributed by atoms with Gasteiger partial charge in [0, 0.05) is 43.8 Å². The molecule has 1 aliphatic heterocycles. The highest BCUT2D eigenvalue weighted by atomic mass is 35.5. The average molecular weight is 548 g/mol. The molecule has 1 amide bonds. The number of imidazole rings is 1. The molecule has 0 saturated carbocycles. The van der Waals surface area contributed by atoms with Crippen LogP contribution in [0.25, 0.3) is 11.2 Å². The molecule has 1 saturated heterocycles. The van der Waals surface area contributed by atoms with Crippen molar-refractivity contribution in [3.05, 3.63) is 88.5 Å². The molecule has 8 nitrogen and oxygen atoms in total. The maximum Gasteiger partial charge on any atom is 0.246 e. The Morgan fingerprint density at radius 3 is 2.62 bits per heavy atom. The Bertz CT molecular complexity index is 1500. The van der Waals surface area contributed by atoms with Crippen LogP contribution in [-0.2, 0) is 17.9 Å². The maximum absolute atomic E-state index is 13.4. The van der Waals surface area contributed by atoms with Crippen LogP contribution >= 0.6 is 11.6 Å². The van der Waals surface area contributed by atoms with Crippen molar-refractivity contribution in [1.82, 2.24) is 24.4 Å². The van der Waals surface area contributed by atoms with E-state index in [1.54, 1.807) is 24.5 Å².